The zero-order valence-electron chi connectivity index (χ0n) is 8.59. The number of nitrogens with two attached hydrogens (primary N) is 1. The highest BCUT2D eigenvalue weighted by Gasteiger charge is 2.20. The summed E-state index contributed by atoms with van der Waals surface area (Å²) in [6.45, 7) is 6.77. The van der Waals surface area contributed by atoms with Gasteiger partial charge in [0.2, 0.25) is 0 Å². The van der Waals surface area contributed by atoms with Crippen LogP contribution in [0.5, 0.6) is 0 Å². The molecule has 2 heteroatoms. The van der Waals surface area contributed by atoms with Crippen molar-refractivity contribution in [1.29, 1.82) is 0 Å². The Morgan fingerprint density at radius 1 is 1.25 bits per heavy atom. The third kappa shape index (κ3) is 3.55. The summed E-state index contributed by atoms with van der Waals surface area (Å²) >= 11 is 0. The molecule has 3 atom stereocenters. The molecule has 0 saturated heterocycles. The molecule has 0 aromatic heterocycles. The summed E-state index contributed by atoms with van der Waals surface area (Å²) in [4.78, 5) is 0. The molecule has 0 spiro atoms. The molecule has 0 amide bonds. The lowest BCUT2D eigenvalue weighted by Gasteiger charge is -2.27. The highest BCUT2D eigenvalue weighted by atomic mass is 16.3. The van der Waals surface area contributed by atoms with Gasteiger partial charge in [0.1, 0.15) is 0 Å². The molecule has 3 N–H and O–H groups in total. The first kappa shape index (κ1) is 11.9. The maximum absolute atomic E-state index is 8.87. The van der Waals surface area contributed by atoms with Crippen molar-refractivity contribution in [2.75, 3.05) is 6.61 Å². The fourth-order valence-electron chi connectivity index (χ4n) is 1.68. The maximum Gasteiger partial charge on any atom is 0.0434 e. The lowest BCUT2D eigenvalue weighted by Crippen LogP contribution is -2.34. The highest BCUT2D eigenvalue weighted by molar-refractivity contribution is 4.75. The zero-order valence-corrected chi connectivity index (χ0v) is 8.59. The van der Waals surface area contributed by atoms with E-state index in [0.717, 1.165) is 19.3 Å². The topological polar surface area (TPSA) is 46.2 Å². The molecule has 12 heavy (non-hydrogen) atoms. The Morgan fingerprint density at radius 3 is 2.17 bits per heavy atom. The van der Waals surface area contributed by atoms with Crippen molar-refractivity contribution in [3.05, 3.63) is 0 Å². The molecular formula is C10H23NO. The summed E-state index contributed by atoms with van der Waals surface area (Å²) in [5.74, 6) is 1.12. The molecule has 0 radical (unpaired) electrons. The van der Waals surface area contributed by atoms with Gasteiger partial charge in [0, 0.05) is 12.6 Å². The van der Waals surface area contributed by atoms with E-state index in [9.17, 15) is 0 Å². The van der Waals surface area contributed by atoms with Gasteiger partial charge < -0.3 is 10.8 Å². The molecule has 74 valence electrons. The SMILES string of the molecule is CCC(C)C(CCO)C(N)CC. The van der Waals surface area contributed by atoms with Crippen molar-refractivity contribution in [1.82, 2.24) is 0 Å². The summed E-state index contributed by atoms with van der Waals surface area (Å²) in [7, 11) is 0. The van der Waals surface area contributed by atoms with Crippen LogP contribution in [0.2, 0.25) is 0 Å². The Kier molecular flexibility index (Phi) is 6.39. The van der Waals surface area contributed by atoms with Crippen LogP contribution in [0.3, 0.4) is 0 Å². The predicted octanol–water partition coefficient (Wildman–Crippen LogP) is 1.77. The minimum absolute atomic E-state index is 0.257. The second-order valence-corrected chi connectivity index (χ2v) is 3.63. The largest absolute Gasteiger partial charge is 0.396 e. The number of hydrogen-bond acceptors (Lipinski definition) is 2. The Balaban J connectivity index is 4.01. The van der Waals surface area contributed by atoms with Crippen LogP contribution in [0.1, 0.15) is 40.0 Å². The van der Waals surface area contributed by atoms with E-state index >= 15 is 0 Å². The average molecular weight is 173 g/mol. The van der Waals surface area contributed by atoms with Gasteiger partial charge in [-0.3, -0.25) is 0 Å². The second kappa shape index (κ2) is 6.44. The molecule has 0 aromatic rings. The molecule has 0 rings (SSSR count). The Morgan fingerprint density at radius 2 is 1.83 bits per heavy atom. The first-order valence-electron chi connectivity index (χ1n) is 5.03. The second-order valence-electron chi connectivity index (χ2n) is 3.63. The fraction of sp³-hybridized carbons (Fsp3) is 1.00. The quantitative estimate of drug-likeness (QED) is 0.643. The van der Waals surface area contributed by atoms with Crippen molar-refractivity contribution < 1.29 is 5.11 Å². The molecule has 0 aliphatic rings. The third-order valence-electron chi connectivity index (χ3n) is 2.86. The van der Waals surface area contributed by atoms with Crippen LogP contribution in [0.15, 0.2) is 0 Å². The predicted molar refractivity (Wildman–Crippen MR) is 52.9 cm³/mol. The van der Waals surface area contributed by atoms with E-state index in [1.807, 2.05) is 0 Å². The van der Waals surface area contributed by atoms with Gasteiger partial charge in [-0.1, -0.05) is 27.2 Å². The normalized spacial score (nSPS) is 18.8. The van der Waals surface area contributed by atoms with E-state index in [-0.39, 0.29) is 12.6 Å². The van der Waals surface area contributed by atoms with Gasteiger partial charge in [-0.25, -0.2) is 0 Å². The van der Waals surface area contributed by atoms with E-state index in [0.29, 0.717) is 11.8 Å². The molecule has 0 aromatic carbocycles. The van der Waals surface area contributed by atoms with Crippen LogP contribution in [0.25, 0.3) is 0 Å². The van der Waals surface area contributed by atoms with Crippen LogP contribution >= 0.6 is 0 Å². The van der Waals surface area contributed by atoms with Crippen molar-refractivity contribution in [2.45, 2.75) is 46.1 Å². The molecule has 0 heterocycles. The van der Waals surface area contributed by atoms with Gasteiger partial charge in [-0.05, 0) is 24.7 Å². The van der Waals surface area contributed by atoms with Crippen LogP contribution in [-0.4, -0.2) is 17.8 Å². The number of rotatable bonds is 6. The monoisotopic (exact) mass is 173 g/mol. The minimum Gasteiger partial charge on any atom is -0.396 e. The lowest BCUT2D eigenvalue weighted by atomic mass is 9.82. The van der Waals surface area contributed by atoms with Crippen molar-refractivity contribution in [3.63, 3.8) is 0 Å². The number of hydrogen-bond donors (Lipinski definition) is 2. The molecule has 0 fully saturated rings. The Labute approximate surface area is 76.2 Å². The summed E-state index contributed by atoms with van der Waals surface area (Å²) in [6.07, 6.45) is 3.01. The third-order valence-corrected chi connectivity index (χ3v) is 2.86. The molecule has 0 bridgehead atoms. The highest BCUT2D eigenvalue weighted by Crippen LogP contribution is 2.22. The van der Waals surface area contributed by atoms with E-state index in [2.05, 4.69) is 20.8 Å². The zero-order chi connectivity index (χ0) is 9.56. The Bertz CT molecular complexity index is 96.0. The molecule has 2 nitrogen and oxygen atoms in total. The molecule has 0 saturated carbocycles. The average Bonchev–Trinajstić information content (AvgIpc) is 2.11. The number of aliphatic hydroxyl groups excluding tert-OH is 1. The van der Waals surface area contributed by atoms with Gasteiger partial charge in [-0.15, -0.1) is 0 Å². The Hall–Kier alpha value is -0.0800. The first-order valence-corrected chi connectivity index (χ1v) is 5.03. The number of aliphatic hydroxyl groups is 1. The van der Waals surface area contributed by atoms with Gasteiger partial charge >= 0.3 is 0 Å². The van der Waals surface area contributed by atoms with Gasteiger partial charge in [0.15, 0.2) is 0 Å². The lowest BCUT2D eigenvalue weighted by molar-refractivity contribution is 0.197. The van der Waals surface area contributed by atoms with Crippen LogP contribution in [0, 0.1) is 11.8 Å². The van der Waals surface area contributed by atoms with Gasteiger partial charge in [0.05, 0.1) is 0 Å². The molecule has 0 aliphatic carbocycles. The smallest absolute Gasteiger partial charge is 0.0434 e. The molecule has 0 aliphatic heterocycles. The summed E-state index contributed by atoms with van der Waals surface area (Å²) in [5, 5.41) is 8.87. The van der Waals surface area contributed by atoms with Gasteiger partial charge in [-0.2, -0.15) is 0 Å². The summed E-state index contributed by atoms with van der Waals surface area (Å²) < 4.78 is 0. The van der Waals surface area contributed by atoms with E-state index < -0.39 is 0 Å². The minimum atomic E-state index is 0.257. The molecular weight excluding hydrogens is 150 g/mol. The summed E-state index contributed by atoms with van der Waals surface area (Å²) in [6, 6.07) is 0.257. The fourth-order valence-corrected chi connectivity index (χ4v) is 1.68. The van der Waals surface area contributed by atoms with E-state index in [4.69, 9.17) is 10.8 Å². The first-order chi connectivity index (χ1) is 5.67. The molecule has 3 unspecified atom stereocenters. The van der Waals surface area contributed by atoms with Crippen molar-refractivity contribution in [3.8, 4) is 0 Å². The van der Waals surface area contributed by atoms with E-state index in [1.54, 1.807) is 0 Å². The van der Waals surface area contributed by atoms with Crippen molar-refractivity contribution >= 4 is 0 Å². The van der Waals surface area contributed by atoms with Crippen LogP contribution in [-0.2, 0) is 0 Å². The summed E-state index contributed by atoms with van der Waals surface area (Å²) in [5.41, 5.74) is 5.97. The standard InChI is InChI=1S/C10H23NO/c1-4-8(3)9(6-7-12)10(11)5-2/h8-10,12H,4-7,11H2,1-3H3. The van der Waals surface area contributed by atoms with E-state index in [1.165, 1.54) is 0 Å². The van der Waals surface area contributed by atoms with Crippen LogP contribution in [0.4, 0.5) is 0 Å². The van der Waals surface area contributed by atoms with Gasteiger partial charge in [0.25, 0.3) is 0 Å². The maximum atomic E-state index is 8.87. The van der Waals surface area contributed by atoms with Crippen molar-refractivity contribution in [2.24, 2.45) is 17.6 Å². The van der Waals surface area contributed by atoms with Crippen LogP contribution < -0.4 is 5.73 Å².